The molecule has 0 atom stereocenters. The van der Waals surface area contributed by atoms with Crippen LogP contribution in [0.2, 0.25) is 0 Å². The van der Waals surface area contributed by atoms with Crippen LogP contribution in [-0.4, -0.2) is 44.4 Å². The third-order valence-corrected chi connectivity index (χ3v) is 8.50. The molecule has 6 rings (SSSR count). The van der Waals surface area contributed by atoms with Gasteiger partial charge in [0.25, 0.3) is 0 Å². The number of aromatic nitrogens is 4. The second kappa shape index (κ2) is 9.17. The van der Waals surface area contributed by atoms with Gasteiger partial charge in [-0.25, -0.2) is 0 Å². The Balaban J connectivity index is 1.58. The van der Waals surface area contributed by atoms with Gasteiger partial charge < -0.3 is 9.47 Å². The van der Waals surface area contributed by atoms with Crippen LogP contribution in [0.15, 0.2) is 67.1 Å². The first-order valence-corrected chi connectivity index (χ1v) is 13.1. The molecular formula is C31H32N6. The maximum Gasteiger partial charge on any atom is 0.0998 e. The van der Waals surface area contributed by atoms with Crippen molar-refractivity contribution < 1.29 is 0 Å². The molecule has 1 aliphatic rings. The normalized spacial score (nSPS) is 15.8. The first-order chi connectivity index (χ1) is 18.0. The van der Waals surface area contributed by atoms with Crippen molar-refractivity contribution in [1.29, 1.82) is 5.26 Å². The molecule has 5 aromatic rings. The lowest BCUT2D eigenvalue weighted by Gasteiger charge is -2.41. The van der Waals surface area contributed by atoms with Gasteiger partial charge in [0.1, 0.15) is 0 Å². The number of hydrogen-bond donors (Lipinski definition) is 0. The lowest BCUT2D eigenvalue weighted by Crippen LogP contribution is -2.40. The summed E-state index contributed by atoms with van der Waals surface area (Å²) in [7, 11) is 4.21. The van der Waals surface area contributed by atoms with Gasteiger partial charge in [0.2, 0.25) is 0 Å². The third-order valence-electron chi connectivity index (χ3n) is 8.50. The highest BCUT2D eigenvalue weighted by Crippen LogP contribution is 2.42. The number of piperidine rings is 1. The zero-order valence-electron chi connectivity index (χ0n) is 21.8. The molecular weight excluding hydrogens is 456 g/mol. The van der Waals surface area contributed by atoms with Crippen molar-refractivity contribution in [1.82, 2.24) is 24.2 Å². The Morgan fingerprint density at radius 2 is 1.76 bits per heavy atom. The maximum absolute atomic E-state index is 9.81. The van der Waals surface area contributed by atoms with Crippen LogP contribution in [0.1, 0.15) is 31.7 Å². The summed E-state index contributed by atoms with van der Waals surface area (Å²) in [5, 5.41) is 16.5. The predicted molar refractivity (Wildman–Crippen MR) is 149 cm³/mol. The largest absolute Gasteiger partial charge is 0.339 e. The molecule has 186 valence electrons. The monoisotopic (exact) mass is 488 g/mol. The summed E-state index contributed by atoms with van der Waals surface area (Å²) in [5.41, 5.74) is 7.46. The fourth-order valence-electron chi connectivity index (χ4n) is 5.98. The smallest absolute Gasteiger partial charge is 0.0998 e. The molecule has 0 bridgehead atoms. The minimum Gasteiger partial charge on any atom is -0.339 e. The Morgan fingerprint density at radius 1 is 0.946 bits per heavy atom. The number of nitriles is 1. The fraction of sp³-hybridized carbons (Fsp3) is 0.323. The van der Waals surface area contributed by atoms with E-state index in [1.807, 2.05) is 54.6 Å². The maximum atomic E-state index is 9.81. The van der Waals surface area contributed by atoms with Crippen LogP contribution in [0, 0.1) is 16.7 Å². The van der Waals surface area contributed by atoms with E-state index in [1.54, 1.807) is 0 Å². The molecule has 6 nitrogen and oxygen atoms in total. The van der Waals surface area contributed by atoms with Crippen molar-refractivity contribution in [2.75, 3.05) is 20.1 Å². The highest BCUT2D eigenvalue weighted by molar-refractivity contribution is 5.99. The van der Waals surface area contributed by atoms with Crippen LogP contribution in [-0.2, 0) is 13.6 Å². The van der Waals surface area contributed by atoms with E-state index < -0.39 is 0 Å². The number of nitrogens with zero attached hydrogens (tertiary/aromatic N) is 6. The Labute approximate surface area is 217 Å². The first kappa shape index (κ1) is 23.4. The lowest BCUT2D eigenvalue weighted by atomic mass is 9.76. The van der Waals surface area contributed by atoms with Crippen LogP contribution in [0.4, 0.5) is 0 Å². The van der Waals surface area contributed by atoms with Crippen molar-refractivity contribution in [3.63, 3.8) is 0 Å². The van der Waals surface area contributed by atoms with Crippen molar-refractivity contribution in [2.24, 2.45) is 12.5 Å². The fourth-order valence-corrected chi connectivity index (χ4v) is 5.98. The van der Waals surface area contributed by atoms with E-state index in [0.717, 1.165) is 59.0 Å². The van der Waals surface area contributed by atoms with E-state index in [0.29, 0.717) is 5.56 Å². The van der Waals surface area contributed by atoms with Crippen LogP contribution in [0.25, 0.3) is 44.2 Å². The number of likely N-dealkylation sites (tertiary alicyclic amines) is 1. The van der Waals surface area contributed by atoms with Gasteiger partial charge in [-0.05, 0) is 74.6 Å². The minimum atomic E-state index is 0.242. The number of aryl methyl sites for hydroxylation is 1. The first-order valence-electron chi connectivity index (χ1n) is 13.1. The van der Waals surface area contributed by atoms with E-state index in [4.69, 9.17) is 0 Å². The summed E-state index contributed by atoms with van der Waals surface area (Å²) in [6, 6.07) is 19.1. The summed E-state index contributed by atoms with van der Waals surface area (Å²) < 4.78 is 4.41. The molecule has 0 unspecified atom stereocenters. The summed E-state index contributed by atoms with van der Waals surface area (Å²) in [4.78, 5) is 7.13. The molecule has 0 aliphatic carbocycles. The SMILES string of the molecule is CCC1(Cn2c(-c3ccc4c(cnn4C)c3)cc3c(-c4ccccc4C#N)cncc32)CCN(C)CC1. The summed E-state index contributed by atoms with van der Waals surface area (Å²) >= 11 is 0. The average Bonchev–Trinajstić information content (AvgIpc) is 3.50. The Kier molecular flexibility index (Phi) is 5.81. The second-order valence-electron chi connectivity index (χ2n) is 10.6. The Bertz CT molecular complexity index is 1640. The molecule has 0 saturated carbocycles. The molecule has 1 fully saturated rings. The number of rotatable bonds is 5. The Hall–Kier alpha value is -3.95. The van der Waals surface area contributed by atoms with Gasteiger partial charge in [0.15, 0.2) is 0 Å². The van der Waals surface area contributed by atoms with Gasteiger partial charge in [-0.1, -0.05) is 31.2 Å². The van der Waals surface area contributed by atoms with Gasteiger partial charge in [-0.2, -0.15) is 10.4 Å². The van der Waals surface area contributed by atoms with Crippen LogP contribution >= 0.6 is 0 Å². The Morgan fingerprint density at radius 3 is 2.54 bits per heavy atom. The molecule has 3 aromatic heterocycles. The van der Waals surface area contributed by atoms with Crippen molar-refractivity contribution in [3.8, 4) is 28.5 Å². The van der Waals surface area contributed by atoms with Crippen molar-refractivity contribution in [3.05, 3.63) is 72.7 Å². The van der Waals surface area contributed by atoms with Crippen LogP contribution in [0.3, 0.4) is 0 Å². The zero-order chi connectivity index (χ0) is 25.6. The molecule has 0 radical (unpaired) electrons. The molecule has 0 amide bonds. The van der Waals surface area contributed by atoms with Gasteiger partial charge in [0, 0.05) is 47.4 Å². The number of pyridine rings is 1. The van der Waals surface area contributed by atoms with Crippen molar-refractivity contribution in [2.45, 2.75) is 32.7 Å². The average molecular weight is 489 g/mol. The van der Waals surface area contributed by atoms with E-state index in [2.05, 4.69) is 63.9 Å². The highest BCUT2D eigenvalue weighted by atomic mass is 15.2. The molecule has 37 heavy (non-hydrogen) atoms. The quantitative estimate of drug-likeness (QED) is 0.293. The zero-order valence-corrected chi connectivity index (χ0v) is 21.8. The predicted octanol–water partition coefficient (Wildman–Crippen LogP) is 6.25. The molecule has 6 heteroatoms. The van der Waals surface area contributed by atoms with Gasteiger partial charge in [-0.3, -0.25) is 9.67 Å². The van der Waals surface area contributed by atoms with Crippen LogP contribution in [0.5, 0.6) is 0 Å². The third kappa shape index (κ3) is 4.00. The highest BCUT2D eigenvalue weighted by Gasteiger charge is 2.33. The van der Waals surface area contributed by atoms with E-state index in [1.165, 1.54) is 24.1 Å². The molecule has 2 aromatic carbocycles. The number of hydrogen-bond acceptors (Lipinski definition) is 4. The molecule has 0 spiro atoms. The summed E-state index contributed by atoms with van der Waals surface area (Å²) in [6.07, 6.45) is 9.36. The lowest BCUT2D eigenvalue weighted by molar-refractivity contribution is 0.0998. The molecule has 0 N–H and O–H groups in total. The number of benzene rings is 2. The van der Waals surface area contributed by atoms with Gasteiger partial charge >= 0.3 is 0 Å². The topological polar surface area (TPSA) is 62.7 Å². The van der Waals surface area contributed by atoms with Crippen LogP contribution < -0.4 is 0 Å². The molecule has 1 saturated heterocycles. The minimum absolute atomic E-state index is 0.242. The van der Waals surface area contributed by atoms with Crippen molar-refractivity contribution >= 4 is 21.8 Å². The van der Waals surface area contributed by atoms with E-state index >= 15 is 0 Å². The molecule has 1 aliphatic heterocycles. The van der Waals surface area contributed by atoms with E-state index in [-0.39, 0.29) is 5.41 Å². The summed E-state index contributed by atoms with van der Waals surface area (Å²) in [5.74, 6) is 0. The van der Waals surface area contributed by atoms with Gasteiger partial charge in [-0.15, -0.1) is 0 Å². The molecule has 4 heterocycles. The second-order valence-corrected chi connectivity index (χ2v) is 10.6. The summed E-state index contributed by atoms with van der Waals surface area (Å²) in [6.45, 7) is 5.55. The van der Waals surface area contributed by atoms with E-state index in [9.17, 15) is 5.26 Å². The van der Waals surface area contributed by atoms with Gasteiger partial charge in [0.05, 0.1) is 35.1 Å². The number of fused-ring (bicyclic) bond motifs is 2. The standard InChI is InChI=1S/C31H32N6/c1-4-31(11-13-35(2)14-12-31)21-37-29(22-9-10-28-24(15-22)18-34-36(28)3)16-26-27(19-33-20-30(26)37)25-8-6-5-7-23(25)17-32/h5-10,15-16,18-20H,4,11-14,21H2,1-3H3.